The van der Waals surface area contributed by atoms with Crippen molar-refractivity contribution in [2.75, 3.05) is 32.7 Å². The standard InChI is InChI=1S/C22H32N4O3S/c1-15-4-8-25(9-5-15)18(27)12-24-10-6-22(29,7-11-24)13-26-14-23-20-19(21(26)28)16(2)17(3)30-20/h14-15,29H,4-13H2,1-3H3. The van der Waals surface area contributed by atoms with Crippen molar-refractivity contribution in [2.24, 2.45) is 5.92 Å². The molecule has 2 aliphatic rings. The van der Waals surface area contributed by atoms with Gasteiger partial charge in [-0.15, -0.1) is 11.3 Å². The average Bonchev–Trinajstić information content (AvgIpc) is 3.01. The Hall–Kier alpha value is -1.77. The molecule has 0 atom stereocenters. The van der Waals surface area contributed by atoms with Gasteiger partial charge in [-0.05, 0) is 51.0 Å². The highest BCUT2D eigenvalue weighted by Gasteiger charge is 2.34. The molecule has 0 bridgehead atoms. The molecule has 2 aliphatic heterocycles. The van der Waals surface area contributed by atoms with Crippen LogP contribution in [0.3, 0.4) is 0 Å². The molecule has 2 fully saturated rings. The number of aliphatic hydroxyl groups is 1. The topological polar surface area (TPSA) is 78.7 Å². The Kier molecular flexibility index (Phi) is 6.01. The second-order valence-electron chi connectivity index (χ2n) is 9.20. The number of amides is 1. The molecule has 30 heavy (non-hydrogen) atoms. The van der Waals surface area contributed by atoms with Crippen LogP contribution in [-0.4, -0.2) is 68.7 Å². The first-order valence-corrected chi connectivity index (χ1v) is 11.7. The van der Waals surface area contributed by atoms with Crippen molar-refractivity contribution in [3.63, 3.8) is 0 Å². The van der Waals surface area contributed by atoms with E-state index in [-0.39, 0.29) is 18.0 Å². The second kappa shape index (κ2) is 8.40. The number of likely N-dealkylation sites (tertiary alicyclic amines) is 2. The molecular weight excluding hydrogens is 400 g/mol. The molecule has 8 heteroatoms. The smallest absolute Gasteiger partial charge is 0.262 e. The van der Waals surface area contributed by atoms with Gasteiger partial charge in [0.2, 0.25) is 5.91 Å². The molecule has 4 heterocycles. The first-order valence-electron chi connectivity index (χ1n) is 10.9. The summed E-state index contributed by atoms with van der Waals surface area (Å²) in [6.07, 6.45) is 4.82. The molecule has 2 aromatic heterocycles. The average molecular weight is 433 g/mol. The van der Waals surface area contributed by atoms with Gasteiger partial charge >= 0.3 is 0 Å². The lowest BCUT2D eigenvalue weighted by atomic mass is 9.91. The summed E-state index contributed by atoms with van der Waals surface area (Å²) in [5.41, 5.74) is -0.0420. The van der Waals surface area contributed by atoms with Crippen molar-refractivity contribution in [3.05, 3.63) is 27.1 Å². The van der Waals surface area contributed by atoms with Crippen LogP contribution in [0.2, 0.25) is 0 Å². The van der Waals surface area contributed by atoms with E-state index in [9.17, 15) is 14.7 Å². The third-order valence-electron chi connectivity index (χ3n) is 6.90. The molecule has 164 valence electrons. The monoisotopic (exact) mass is 432 g/mol. The van der Waals surface area contributed by atoms with Crippen LogP contribution in [-0.2, 0) is 11.3 Å². The number of fused-ring (bicyclic) bond motifs is 1. The maximum absolute atomic E-state index is 12.9. The van der Waals surface area contributed by atoms with E-state index in [1.807, 2.05) is 18.7 Å². The lowest BCUT2D eigenvalue weighted by Crippen LogP contribution is -2.51. The quantitative estimate of drug-likeness (QED) is 0.801. The minimum absolute atomic E-state index is 0.0767. The maximum atomic E-state index is 12.9. The molecule has 0 aromatic carbocycles. The Morgan fingerprint density at radius 2 is 1.90 bits per heavy atom. The van der Waals surface area contributed by atoms with Crippen LogP contribution in [0.1, 0.15) is 43.0 Å². The first kappa shape index (κ1) is 21.5. The summed E-state index contributed by atoms with van der Waals surface area (Å²) in [6, 6.07) is 0. The summed E-state index contributed by atoms with van der Waals surface area (Å²) in [5.74, 6) is 0.902. The Morgan fingerprint density at radius 3 is 2.57 bits per heavy atom. The van der Waals surface area contributed by atoms with Crippen LogP contribution in [0, 0.1) is 19.8 Å². The SMILES string of the molecule is Cc1sc2ncn(CC3(O)CCN(CC(=O)N4CCC(C)CC4)CC3)c(=O)c2c1C. The molecule has 0 radical (unpaired) electrons. The molecule has 1 N–H and O–H groups in total. The van der Waals surface area contributed by atoms with E-state index in [2.05, 4.69) is 16.8 Å². The molecule has 2 aromatic rings. The number of carbonyl (C=O) groups is 1. The number of hydrogen-bond donors (Lipinski definition) is 1. The summed E-state index contributed by atoms with van der Waals surface area (Å²) in [7, 11) is 0. The summed E-state index contributed by atoms with van der Waals surface area (Å²) in [5, 5.41) is 11.8. The van der Waals surface area contributed by atoms with E-state index in [1.54, 1.807) is 10.9 Å². The Morgan fingerprint density at radius 1 is 1.23 bits per heavy atom. The highest BCUT2D eigenvalue weighted by molar-refractivity contribution is 7.18. The number of rotatable bonds is 4. The van der Waals surface area contributed by atoms with Crippen LogP contribution in [0.5, 0.6) is 0 Å². The molecule has 0 spiro atoms. The third kappa shape index (κ3) is 4.31. The van der Waals surface area contributed by atoms with Crippen molar-refractivity contribution < 1.29 is 9.90 Å². The number of nitrogens with zero attached hydrogens (tertiary/aromatic N) is 4. The highest BCUT2D eigenvalue weighted by Crippen LogP contribution is 2.27. The van der Waals surface area contributed by atoms with Crippen molar-refractivity contribution in [2.45, 2.75) is 58.6 Å². The predicted octanol–water partition coefficient (Wildman–Crippen LogP) is 2.16. The Bertz CT molecular complexity index is 982. The van der Waals surface area contributed by atoms with Gasteiger partial charge < -0.3 is 10.0 Å². The van der Waals surface area contributed by atoms with Gasteiger partial charge in [0.15, 0.2) is 0 Å². The van der Waals surface area contributed by atoms with Crippen LogP contribution in [0.15, 0.2) is 11.1 Å². The number of carbonyl (C=O) groups excluding carboxylic acids is 1. The largest absolute Gasteiger partial charge is 0.388 e. The minimum Gasteiger partial charge on any atom is -0.388 e. The fourth-order valence-electron chi connectivity index (χ4n) is 4.53. The predicted molar refractivity (Wildman–Crippen MR) is 119 cm³/mol. The molecule has 2 saturated heterocycles. The molecular formula is C22H32N4O3S. The zero-order valence-electron chi connectivity index (χ0n) is 18.2. The van der Waals surface area contributed by atoms with Gasteiger partial charge in [-0.1, -0.05) is 6.92 Å². The van der Waals surface area contributed by atoms with Crippen molar-refractivity contribution in [1.29, 1.82) is 0 Å². The Balaban J connectivity index is 1.37. The molecule has 0 aliphatic carbocycles. The van der Waals surface area contributed by atoms with Gasteiger partial charge in [0, 0.05) is 31.1 Å². The molecule has 7 nitrogen and oxygen atoms in total. The first-order chi connectivity index (χ1) is 14.3. The fourth-order valence-corrected chi connectivity index (χ4v) is 5.52. The lowest BCUT2D eigenvalue weighted by molar-refractivity contribution is -0.135. The van der Waals surface area contributed by atoms with E-state index >= 15 is 0 Å². The van der Waals surface area contributed by atoms with Gasteiger partial charge in [-0.25, -0.2) is 4.98 Å². The summed E-state index contributed by atoms with van der Waals surface area (Å²) in [4.78, 5) is 36.0. The van der Waals surface area contributed by atoms with Crippen molar-refractivity contribution >= 4 is 27.5 Å². The maximum Gasteiger partial charge on any atom is 0.262 e. The molecule has 0 unspecified atom stereocenters. The highest BCUT2D eigenvalue weighted by atomic mass is 32.1. The second-order valence-corrected chi connectivity index (χ2v) is 10.4. The lowest BCUT2D eigenvalue weighted by Gasteiger charge is -2.39. The number of hydrogen-bond acceptors (Lipinski definition) is 6. The van der Waals surface area contributed by atoms with Crippen molar-refractivity contribution in [1.82, 2.24) is 19.4 Å². The van der Waals surface area contributed by atoms with Gasteiger partial charge in [0.25, 0.3) is 5.56 Å². The molecule has 0 saturated carbocycles. The van der Waals surface area contributed by atoms with E-state index < -0.39 is 5.60 Å². The van der Waals surface area contributed by atoms with Crippen LogP contribution >= 0.6 is 11.3 Å². The van der Waals surface area contributed by atoms with Gasteiger partial charge in [-0.3, -0.25) is 19.1 Å². The van der Waals surface area contributed by atoms with E-state index in [0.29, 0.717) is 43.8 Å². The minimum atomic E-state index is -0.946. The molecule has 4 rings (SSSR count). The summed E-state index contributed by atoms with van der Waals surface area (Å²) < 4.78 is 1.55. The number of piperidine rings is 2. The molecule has 1 amide bonds. The van der Waals surface area contributed by atoms with Crippen LogP contribution < -0.4 is 5.56 Å². The van der Waals surface area contributed by atoms with Crippen molar-refractivity contribution in [3.8, 4) is 0 Å². The van der Waals surface area contributed by atoms with Crippen LogP contribution in [0.4, 0.5) is 0 Å². The summed E-state index contributed by atoms with van der Waals surface area (Å²) in [6.45, 7) is 9.90. The summed E-state index contributed by atoms with van der Waals surface area (Å²) >= 11 is 1.53. The zero-order valence-corrected chi connectivity index (χ0v) is 19.0. The number of aryl methyl sites for hydroxylation is 2. The van der Waals surface area contributed by atoms with Gasteiger partial charge in [0.1, 0.15) is 4.83 Å². The van der Waals surface area contributed by atoms with Gasteiger partial charge in [0.05, 0.1) is 30.4 Å². The Labute approximate surface area is 181 Å². The van der Waals surface area contributed by atoms with E-state index in [1.165, 1.54) is 11.3 Å². The third-order valence-corrected chi connectivity index (χ3v) is 8.02. The van der Waals surface area contributed by atoms with Crippen LogP contribution in [0.25, 0.3) is 10.2 Å². The zero-order chi connectivity index (χ0) is 21.5. The van der Waals surface area contributed by atoms with E-state index in [0.717, 1.165) is 41.2 Å². The normalized spacial score (nSPS) is 20.7. The number of aromatic nitrogens is 2. The fraction of sp³-hybridized carbons (Fsp3) is 0.682. The number of thiophene rings is 1. The van der Waals surface area contributed by atoms with E-state index in [4.69, 9.17) is 0 Å². The van der Waals surface area contributed by atoms with Gasteiger partial charge in [-0.2, -0.15) is 0 Å².